The molecule has 1 rings (SSSR count). The molecule has 3 N–H and O–H groups in total. The van der Waals surface area contributed by atoms with Gasteiger partial charge in [-0.2, -0.15) is 8.78 Å². The molecule has 20 heavy (non-hydrogen) atoms. The third-order valence-corrected chi connectivity index (χ3v) is 2.58. The summed E-state index contributed by atoms with van der Waals surface area (Å²) < 4.78 is 33.8. The number of alkyl halides is 2. The topological polar surface area (TPSA) is 73.6 Å². The minimum Gasteiger partial charge on any atom is -0.493 e. The lowest BCUT2D eigenvalue weighted by Crippen LogP contribution is -2.35. The van der Waals surface area contributed by atoms with Crippen molar-refractivity contribution in [3.63, 3.8) is 0 Å². The molecule has 0 aromatic heterocycles. The van der Waals surface area contributed by atoms with Crippen LogP contribution in [0.2, 0.25) is 0 Å². The van der Waals surface area contributed by atoms with Crippen LogP contribution in [0.3, 0.4) is 0 Å². The Morgan fingerprint density at radius 1 is 1.40 bits per heavy atom. The van der Waals surface area contributed by atoms with Crippen LogP contribution in [0.1, 0.15) is 19.8 Å². The van der Waals surface area contributed by atoms with E-state index in [9.17, 15) is 13.6 Å². The lowest BCUT2D eigenvalue weighted by atomic mass is 10.1. The van der Waals surface area contributed by atoms with Gasteiger partial charge in [0.15, 0.2) is 11.5 Å². The Hall–Kier alpha value is -1.89. The molecule has 1 aromatic carbocycles. The van der Waals surface area contributed by atoms with Crippen molar-refractivity contribution >= 4 is 11.6 Å². The minimum absolute atomic E-state index is 0.149. The molecular formula is C13H18F2N2O3. The molecule has 5 nitrogen and oxygen atoms in total. The number of hydrogen-bond donors (Lipinski definition) is 2. The molecule has 1 atom stereocenters. The molecule has 0 spiro atoms. The number of carbonyl (C=O) groups excluding carboxylic acids is 1. The van der Waals surface area contributed by atoms with Crippen molar-refractivity contribution in [3.05, 3.63) is 18.2 Å². The van der Waals surface area contributed by atoms with Crippen molar-refractivity contribution in [2.75, 3.05) is 12.4 Å². The second-order valence-electron chi connectivity index (χ2n) is 4.13. The first-order chi connectivity index (χ1) is 9.47. The van der Waals surface area contributed by atoms with Gasteiger partial charge in [-0.05, 0) is 18.6 Å². The number of rotatable bonds is 7. The van der Waals surface area contributed by atoms with E-state index in [0.717, 1.165) is 6.42 Å². The predicted molar refractivity (Wildman–Crippen MR) is 71.1 cm³/mol. The van der Waals surface area contributed by atoms with Gasteiger partial charge in [0, 0.05) is 11.8 Å². The summed E-state index contributed by atoms with van der Waals surface area (Å²) in [6.45, 7) is -1.06. The fourth-order valence-corrected chi connectivity index (χ4v) is 1.62. The van der Waals surface area contributed by atoms with Gasteiger partial charge in [-0.3, -0.25) is 4.79 Å². The van der Waals surface area contributed by atoms with Crippen LogP contribution in [0.15, 0.2) is 18.2 Å². The van der Waals surface area contributed by atoms with E-state index in [1.54, 1.807) is 0 Å². The van der Waals surface area contributed by atoms with E-state index < -0.39 is 12.7 Å². The Kier molecular flexibility index (Phi) is 6.17. The number of halogens is 2. The van der Waals surface area contributed by atoms with Crippen LogP contribution in [0.5, 0.6) is 11.5 Å². The zero-order valence-corrected chi connectivity index (χ0v) is 11.4. The summed E-state index contributed by atoms with van der Waals surface area (Å²) in [5.74, 6) is -0.370. The molecule has 1 aromatic rings. The molecule has 0 saturated carbocycles. The number of nitrogens with two attached hydrogens (primary N) is 1. The Balaban J connectivity index is 2.83. The fourth-order valence-electron chi connectivity index (χ4n) is 1.62. The van der Waals surface area contributed by atoms with E-state index in [-0.39, 0.29) is 17.4 Å². The maximum atomic E-state index is 12.3. The SMILES string of the molecule is CCC[C@@H](N)C(=O)Nc1ccc(OC)c(OC(F)F)c1. The number of carbonyl (C=O) groups is 1. The summed E-state index contributed by atoms with van der Waals surface area (Å²) in [5, 5.41) is 2.55. The van der Waals surface area contributed by atoms with Crippen molar-refractivity contribution in [1.82, 2.24) is 0 Å². The highest BCUT2D eigenvalue weighted by atomic mass is 19.3. The molecule has 0 radical (unpaired) electrons. The normalized spacial score (nSPS) is 12.1. The van der Waals surface area contributed by atoms with Gasteiger partial charge in [0.2, 0.25) is 5.91 Å². The van der Waals surface area contributed by atoms with Crippen molar-refractivity contribution < 1.29 is 23.0 Å². The number of amides is 1. The van der Waals surface area contributed by atoms with Gasteiger partial charge in [0.1, 0.15) is 0 Å². The summed E-state index contributed by atoms with van der Waals surface area (Å²) in [6.07, 6.45) is 1.32. The van der Waals surface area contributed by atoms with E-state index in [1.165, 1.54) is 25.3 Å². The Labute approximate surface area is 116 Å². The monoisotopic (exact) mass is 288 g/mol. The van der Waals surface area contributed by atoms with Gasteiger partial charge < -0.3 is 20.5 Å². The molecule has 7 heteroatoms. The smallest absolute Gasteiger partial charge is 0.387 e. The fraction of sp³-hybridized carbons (Fsp3) is 0.462. The highest BCUT2D eigenvalue weighted by Crippen LogP contribution is 2.31. The molecule has 0 saturated heterocycles. The summed E-state index contributed by atoms with van der Waals surface area (Å²) in [4.78, 5) is 11.7. The van der Waals surface area contributed by atoms with Gasteiger partial charge in [0.25, 0.3) is 0 Å². The lowest BCUT2D eigenvalue weighted by Gasteiger charge is -2.14. The van der Waals surface area contributed by atoms with Crippen LogP contribution < -0.4 is 20.5 Å². The summed E-state index contributed by atoms with van der Waals surface area (Å²) >= 11 is 0. The van der Waals surface area contributed by atoms with Crippen LogP contribution >= 0.6 is 0 Å². The van der Waals surface area contributed by atoms with Crippen LogP contribution in [-0.2, 0) is 4.79 Å². The number of ether oxygens (including phenoxy) is 2. The van der Waals surface area contributed by atoms with E-state index in [2.05, 4.69) is 10.1 Å². The average molecular weight is 288 g/mol. The van der Waals surface area contributed by atoms with Gasteiger partial charge in [-0.1, -0.05) is 13.3 Å². The second-order valence-corrected chi connectivity index (χ2v) is 4.13. The highest BCUT2D eigenvalue weighted by Gasteiger charge is 2.15. The molecule has 112 valence electrons. The van der Waals surface area contributed by atoms with Crippen LogP contribution in [0.25, 0.3) is 0 Å². The first kappa shape index (κ1) is 16.2. The van der Waals surface area contributed by atoms with E-state index in [4.69, 9.17) is 10.5 Å². The molecule has 0 aliphatic heterocycles. The van der Waals surface area contributed by atoms with Crippen LogP contribution in [0, 0.1) is 0 Å². The molecule has 0 unspecified atom stereocenters. The quantitative estimate of drug-likeness (QED) is 0.807. The van der Waals surface area contributed by atoms with E-state index >= 15 is 0 Å². The van der Waals surface area contributed by atoms with Crippen molar-refractivity contribution in [2.24, 2.45) is 5.73 Å². The largest absolute Gasteiger partial charge is 0.493 e. The molecule has 0 bridgehead atoms. The number of methoxy groups -OCH3 is 1. The zero-order valence-electron chi connectivity index (χ0n) is 11.4. The van der Waals surface area contributed by atoms with Gasteiger partial charge in [0.05, 0.1) is 13.2 Å². The van der Waals surface area contributed by atoms with E-state index in [0.29, 0.717) is 12.1 Å². The Morgan fingerprint density at radius 3 is 2.65 bits per heavy atom. The lowest BCUT2D eigenvalue weighted by molar-refractivity contribution is -0.117. The second kappa shape index (κ2) is 7.64. The molecular weight excluding hydrogens is 270 g/mol. The van der Waals surface area contributed by atoms with Crippen molar-refractivity contribution in [1.29, 1.82) is 0 Å². The summed E-state index contributed by atoms with van der Waals surface area (Å²) in [7, 11) is 1.34. The Morgan fingerprint density at radius 2 is 2.10 bits per heavy atom. The van der Waals surface area contributed by atoms with Gasteiger partial charge >= 0.3 is 6.61 Å². The van der Waals surface area contributed by atoms with Gasteiger partial charge in [-0.15, -0.1) is 0 Å². The number of nitrogens with one attached hydrogen (secondary N) is 1. The van der Waals surface area contributed by atoms with Crippen LogP contribution in [-0.4, -0.2) is 25.7 Å². The van der Waals surface area contributed by atoms with E-state index in [1.807, 2.05) is 6.92 Å². The number of benzene rings is 1. The predicted octanol–water partition coefficient (Wildman–Crippen LogP) is 2.36. The number of anilines is 1. The van der Waals surface area contributed by atoms with Gasteiger partial charge in [-0.25, -0.2) is 0 Å². The summed E-state index contributed by atoms with van der Waals surface area (Å²) in [5.41, 5.74) is 5.98. The third-order valence-electron chi connectivity index (χ3n) is 2.58. The molecule has 0 aliphatic carbocycles. The third kappa shape index (κ3) is 4.65. The maximum absolute atomic E-state index is 12.3. The van der Waals surface area contributed by atoms with Crippen LogP contribution in [0.4, 0.5) is 14.5 Å². The zero-order chi connectivity index (χ0) is 15.1. The highest BCUT2D eigenvalue weighted by molar-refractivity contribution is 5.94. The number of hydrogen-bond acceptors (Lipinski definition) is 4. The molecule has 0 fully saturated rings. The Bertz CT molecular complexity index is 455. The summed E-state index contributed by atoms with van der Waals surface area (Å²) in [6, 6.07) is 3.58. The van der Waals surface area contributed by atoms with Crippen molar-refractivity contribution in [2.45, 2.75) is 32.4 Å². The molecule has 0 heterocycles. The molecule has 1 amide bonds. The maximum Gasteiger partial charge on any atom is 0.387 e. The first-order valence-corrected chi connectivity index (χ1v) is 6.17. The first-order valence-electron chi connectivity index (χ1n) is 6.17. The molecule has 0 aliphatic rings. The standard InChI is InChI=1S/C13H18F2N2O3/c1-3-4-9(16)12(18)17-8-5-6-10(19-2)11(7-8)20-13(14)15/h5-7,9,13H,3-4,16H2,1-2H3,(H,17,18)/t9-/m1/s1. The average Bonchev–Trinajstić information content (AvgIpc) is 2.38. The van der Waals surface area contributed by atoms with Crippen molar-refractivity contribution in [3.8, 4) is 11.5 Å². The minimum atomic E-state index is -2.97.